The van der Waals surface area contributed by atoms with E-state index in [4.69, 9.17) is 14.5 Å². The van der Waals surface area contributed by atoms with Crippen molar-refractivity contribution in [3.05, 3.63) is 81.8 Å². The van der Waals surface area contributed by atoms with Crippen LogP contribution in [0.5, 0.6) is 5.75 Å². The van der Waals surface area contributed by atoms with Crippen LogP contribution >= 0.6 is 15.9 Å². The van der Waals surface area contributed by atoms with Crippen LogP contribution in [-0.4, -0.2) is 45.3 Å². The summed E-state index contributed by atoms with van der Waals surface area (Å²) in [7, 11) is -1.33. The highest BCUT2D eigenvalue weighted by Gasteiger charge is 2.26. The molecule has 0 bridgehead atoms. The third-order valence-electron chi connectivity index (χ3n) is 6.13. The number of hydrogen-bond donors (Lipinski definition) is 1. The van der Waals surface area contributed by atoms with Gasteiger partial charge in [0.1, 0.15) is 11.3 Å². The van der Waals surface area contributed by atoms with E-state index in [9.17, 15) is 18.0 Å². The highest BCUT2D eigenvalue weighted by atomic mass is 79.9. The van der Waals surface area contributed by atoms with Crippen LogP contribution in [0.25, 0.3) is 22.2 Å². The molecule has 1 aromatic heterocycles. The van der Waals surface area contributed by atoms with E-state index in [-0.39, 0.29) is 27.6 Å². The van der Waals surface area contributed by atoms with Crippen LogP contribution in [-0.2, 0) is 14.6 Å². The van der Waals surface area contributed by atoms with E-state index in [1.54, 1.807) is 13.0 Å². The molecular formula is C28H25BrN2O6S. The quantitative estimate of drug-likeness (QED) is 0.268. The van der Waals surface area contributed by atoms with Gasteiger partial charge in [-0.05, 0) is 36.8 Å². The minimum absolute atomic E-state index is 0.0121. The Kier molecular flexibility index (Phi) is 7.84. The Morgan fingerprint density at radius 2 is 1.74 bits per heavy atom. The summed E-state index contributed by atoms with van der Waals surface area (Å²) in [6.45, 7) is 3.28. The Balaban J connectivity index is 1.94. The first-order valence-corrected chi connectivity index (χ1v) is 14.1. The molecule has 0 aliphatic heterocycles. The number of nitrogens with zero attached hydrogens (tertiary/aromatic N) is 1. The number of carbonyl (C=O) groups excluding carboxylic acids is 2. The number of benzene rings is 3. The molecule has 0 atom stereocenters. The molecule has 4 rings (SSSR count). The smallest absolute Gasteiger partial charge is 0.341 e. The van der Waals surface area contributed by atoms with Crippen LogP contribution in [0, 0.1) is 6.92 Å². The van der Waals surface area contributed by atoms with Gasteiger partial charge in [-0.15, -0.1) is 0 Å². The molecule has 1 heterocycles. The second-order valence-electron chi connectivity index (χ2n) is 8.39. The van der Waals surface area contributed by atoms with Gasteiger partial charge in [-0.3, -0.25) is 4.79 Å². The zero-order valence-electron chi connectivity index (χ0n) is 21.2. The minimum Gasteiger partial charge on any atom is -0.496 e. The number of methoxy groups -OCH3 is 2. The summed E-state index contributed by atoms with van der Waals surface area (Å²) in [4.78, 5) is 30.8. The summed E-state index contributed by atoms with van der Waals surface area (Å²) in [5, 5.41) is 3.35. The largest absolute Gasteiger partial charge is 0.496 e. The average Bonchev–Trinajstić information content (AvgIpc) is 2.92. The number of aromatic nitrogens is 1. The molecule has 0 saturated heterocycles. The molecule has 0 fully saturated rings. The molecule has 10 heteroatoms. The van der Waals surface area contributed by atoms with E-state index < -0.39 is 21.7 Å². The maximum atomic E-state index is 13.9. The minimum atomic E-state index is -3.85. The monoisotopic (exact) mass is 596 g/mol. The summed E-state index contributed by atoms with van der Waals surface area (Å²) in [6.07, 6.45) is 0. The van der Waals surface area contributed by atoms with Gasteiger partial charge in [-0.2, -0.15) is 0 Å². The Morgan fingerprint density at radius 1 is 1.03 bits per heavy atom. The van der Waals surface area contributed by atoms with Gasteiger partial charge in [-0.25, -0.2) is 18.2 Å². The third-order valence-corrected chi connectivity index (χ3v) is 8.40. The van der Waals surface area contributed by atoms with Crippen LogP contribution in [0.2, 0.25) is 0 Å². The molecule has 196 valence electrons. The van der Waals surface area contributed by atoms with Crippen molar-refractivity contribution in [3.8, 4) is 17.0 Å². The summed E-state index contributed by atoms with van der Waals surface area (Å²) in [5.74, 6) is -1.48. The van der Waals surface area contributed by atoms with E-state index >= 15 is 0 Å². The molecule has 0 aliphatic rings. The number of halogens is 1. The van der Waals surface area contributed by atoms with Crippen molar-refractivity contribution in [2.24, 2.45) is 0 Å². The highest BCUT2D eigenvalue weighted by molar-refractivity contribution is 9.10. The van der Waals surface area contributed by atoms with Crippen LogP contribution in [0.3, 0.4) is 0 Å². The van der Waals surface area contributed by atoms with E-state index in [0.717, 1.165) is 10.0 Å². The number of amides is 1. The topological polar surface area (TPSA) is 112 Å². The summed E-state index contributed by atoms with van der Waals surface area (Å²) < 4.78 is 36.9. The Labute approximate surface area is 229 Å². The lowest BCUT2D eigenvalue weighted by molar-refractivity contribution is 0.0596. The van der Waals surface area contributed by atoms with Crippen molar-refractivity contribution in [2.75, 3.05) is 25.3 Å². The molecule has 0 saturated carbocycles. The van der Waals surface area contributed by atoms with Crippen molar-refractivity contribution >= 4 is 54.2 Å². The van der Waals surface area contributed by atoms with Gasteiger partial charge in [0.15, 0.2) is 9.84 Å². The molecule has 0 unspecified atom stereocenters. The number of sulfone groups is 1. The summed E-state index contributed by atoms with van der Waals surface area (Å²) in [6, 6.07) is 17.4. The van der Waals surface area contributed by atoms with E-state index in [2.05, 4.69) is 21.2 Å². The first-order valence-electron chi connectivity index (χ1n) is 11.6. The van der Waals surface area contributed by atoms with E-state index in [0.29, 0.717) is 27.7 Å². The fourth-order valence-electron chi connectivity index (χ4n) is 4.19. The third kappa shape index (κ3) is 5.14. The number of ether oxygens (including phenoxy) is 2. The molecular weight excluding hydrogens is 572 g/mol. The SMILES string of the molecule is CCS(=O)(=O)c1cc(C(=O)OC)c(OC)cc1NC(=O)c1c(C)c(-c2ccccc2)nc2ccc(Br)cc12. The van der Waals surface area contributed by atoms with Gasteiger partial charge >= 0.3 is 5.97 Å². The molecule has 3 aromatic carbocycles. The molecule has 38 heavy (non-hydrogen) atoms. The number of carbonyl (C=O) groups is 2. The predicted octanol–water partition coefficient (Wildman–Crippen LogP) is 5.81. The number of nitrogens with one attached hydrogen (secondary N) is 1. The standard InChI is InChI=1S/C28H25BrN2O6S/c1-5-38(34,35)24-14-20(28(33)37-4)23(36-3)15-22(24)31-27(32)25-16(2)26(17-9-7-6-8-10-17)30-21-12-11-18(29)13-19(21)25/h6-15H,5H2,1-4H3,(H,31,32). The molecule has 1 amide bonds. The van der Waals surface area contributed by atoms with Gasteiger partial charge in [0.2, 0.25) is 0 Å². The van der Waals surface area contributed by atoms with Gasteiger partial charge in [0.25, 0.3) is 5.91 Å². The predicted molar refractivity (Wildman–Crippen MR) is 150 cm³/mol. The highest BCUT2D eigenvalue weighted by Crippen LogP contribution is 2.35. The summed E-state index contributed by atoms with van der Waals surface area (Å²) in [5.41, 5.74) is 2.95. The zero-order chi connectivity index (χ0) is 27.6. The Hall–Kier alpha value is -3.76. The first-order chi connectivity index (χ1) is 18.1. The molecule has 1 N–H and O–H groups in total. The van der Waals surface area contributed by atoms with Gasteiger partial charge in [-0.1, -0.05) is 53.2 Å². The molecule has 8 nitrogen and oxygen atoms in total. The van der Waals surface area contributed by atoms with E-state index in [1.807, 2.05) is 42.5 Å². The van der Waals surface area contributed by atoms with Crippen LogP contribution in [0.1, 0.15) is 33.2 Å². The van der Waals surface area contributed by atoms with Crippen molar-refractivity contribution in [3.63, 3.8) is 0 Å². The van der Waals surface area contributed by atoms with Crippen molar-refractivity contribution < 1.29 is 27.5 Å². The number of hydrogen-bond acceptors (Lipinski definition) is 7. The fraction of sp³-hybridized carbons (Fsp3) is 0.179. The van der Waals surface area contributed by atoms with Crippen LogP contribution in [0.4, 0.5) is 5.69 Å². The maximum absolute atomic E-state index is 13.9. The van der Waals surface area contributed by atoms with Crippen molar-refractivity contribution in [1.82, 2.24) is 4.98 Å². The van der Waals surface area contributed by atoms with Gasteiger partial charge in [0.05, 0.1) is 47.3 Å². The first kappa shape index (κ1) is 27.3. The molecule has 0 aliphatic carbocycles. The fourth-order valence-corrected chi connectivity index (χ4v) is 5.61. The molecule has 0 spiro atoms. The normalized spacial score (nSPS) is 11.3. The lowest BCUT2D eigenvalue weighted by Crippen LogP contribution is -2.19. The lowest BCUT2D eigenvalue weighted by atomic mass is 9.97. The number of rotatable bonds is 7. The number of fused-ring (bicyclic) bond motifs is 1. The summed E-state index contributed by atoms with van der Waals surface area (Å²) >= 11 is 3.47. The van der Waals surface area contributed by atoms with Crippen LogP contribution in [0.15, 0.2) is 70.0 Å². The lowest BCUT2D eigenvalue weighted by Gasteiger charge is -2.18. The van der Waals surface area contributed by atoms with E-state index in [1.165, 1.54) is 33.3 Å². The Morgan fingerprint density at radius 3 is 2.37 bits per heavy atom. The number of anilines is 1. The molecule has 4 aromatic rings. The van der Waals surface area contributed by atoms with Gasteiger partial charge < -0.3 is 14.8 Å². The average molecular weight is 597 g/mol. The van der Waals surface area contributed by atoms with Crippen molar-refractivity contribution in [2.45, 2.75) is 18.7 Å². The molecule has 0 radical (unpaired) electrons. The number of esters is 1. The Bertz CT molecular complexity index is 1670. The van der Waals surface area contributed by atoms with Gasteiger partial charge in [0, 0.05) is 21.5 Å². The number of pyridine rings is 1. The van der Waals surface area contributed by atoms with Crippen molar-refractivity contribution in [1.29, 1.82) is 0 Å². The second kappa shape index (κ2) is 10.9. The van der Waals surface area contributed by atoms with Crippen LogP contribution < -0.4 is 10.1 Å². The maximum Gasteiger partial charge on any atom is 0.341 e. The second-order valence-corrected chi connectivity index (χ2v) is 11.5. The zero-order valence-corrected chi connectivity index (χ0v) is 23.6.